The van der Waals surface area contributed by atoms with Crippen LogP contribution in [0.2, 0.25) is 0 Å². The van der Waals surface area contributed by atoms with Crippen LogP contribution < -0.4 is 4.90 Å². The summed E-state index contributed by atoms with van der Waals surface area (Å²) in [5, 5.41) is 12.5. The number of hydrogen-bond acceptors (Lipinski definition) is 1. The van der Waals surface area contributed by atoms with Crippen molar-refractivity contribution in [3.8, 4) is 39.1 Å². The van der Waals surface area contributed by atoms with Gasteiger partial charge in [0.05, 0.1) is 11.0 Å². The molecular weight excluding hydrogens is 797 g/mol. The molecule has 2 nitrogen and oxygen atoms in total. The Morgan fingerprint density at radius 1 is 0.273 bits per heavy atom. The van der Waals surface area contributed by atoms with Gasteiger partial charge in [0, 0.05) is 38.9 Å². The van der Waals surface area contributed by atoms with Crippen molar-refractivity contribution >= 4 is 82.0 Å². The quantitative estimate of drug-likeness (QED) is 0.145. The lowest BCUT2D eigenvalue weighted by Crippen LogP contribution is -2.10. The third kappa shape index (κ3) is 6.26. The summed E-state index contributed by atoms with van der Waals surface area (Å²) in [7, 11) is 0. The molecule has 0 bridgehead atoms. The van der Waals surface area contributed by atoms with Gasteiger partial charge in [-0.15, -0.1) is 0 Å². The van der Waals surface area contributed by atoms with Crippen molar-refractivity contribution in [3.63, 3.8) is 0 Å². The molecule has 0 aliphatic carbocycles. The monoisotopic (exact) mass is 838 g/mol. The van der Waals surface area contributed by atoms with Crippen LogP contribution in [-0.2, 0) is 0 Å². The first kappa shape index (κ1) is 37.8. The summed E-state index contributed by atoms with van der Waals surface area (Å²) in [6.45, 7) is 0. The van der Waals surface area contributed by atoms with Gasteiger partial charge in [0.1, 0.15) is 0 Å². The van der Waals surface area contributed by atoms with E-state index in [1.807, 2.05) is 0 Å². The Morgan fingerprint density at radius 3 is 1.52 bits per heavy atom. The minimum absolute atomic E-state index is 1.09. The number of hydrogen-bond donors (Lipinski definition) is 0. The van der Waals surface area contributed by atoms with E-state index in [0.29, 0.717) is 0 Å². The third-order valence-electron chi connectivity index (χ3n) is 13.5. The van der Waals surface area contributed by atoms with Crippen molar-refractivity contribution in [3.05, 3.63) is 255 Å². The van der Waals surface area contributed by atoms with Crippen LogP contribution in [0.5, 0.6) is 0 Å². The van der Waals surface area contributed by atoms with Gasteiger partial charge in [-0.3, -0.25) is 0 Å². The Labute approximate surface area is 383 Å². The minimum Gasteiger partial charge on any atom is -0.310 e. The first-order valence-electron chi connectivity index (χ1n) is 22.7. The van der Waals surface area contributed by atoms with Crippen molar-refractivity contribution in [2.24, 2.45) is 0 Å². The number of fused-ring (bicyclic) bond motifs is 9. The van der Waals surface area contributed by atoms with Crippen LogP contribution in [0.4, 0.5) is 17.1 Å². The van der Waals surface area contributed by atoms with E-state index in [2.05, 4.69) is 264 Å². The summed E-state index contributed by atoms with van der Waals surface area (Å²) in [5.41, 5.74) is 14.1. The molecule has 308 valence electrons. The van der Waals surface area contributed by atoms with Crippen LogP contribution in [0, 0.1) is 0 Å². The maximum absolute atomic E-state index is 2.44. The first-order valence-corrected chi connectivity index (χ1v) is 22.7. The van der Waals surface area contributed by atoms with Crippen molar-refractivity contribution in [1.82, 2.24) is 4.57 Å². The topological polar surface area (TPSA) is 8.17 Å². The number of anilines is 3. The van der Waals surface area contributed by atoms with Gasteiger partial charge in [-0.2, -0.15) is 0 Å². The fourth-order valence-corrected chi connectivity index (χ4v) is 10.4. The van der Waals surface area contributed by atoms with E-state index >= 15 is 0 Å². The highest BCUT2D eigenvalue weighted by molar-refractivity contribution is 6.19. The molecule has 1 aromatic heterocycles. The summed E-state index contributed by atoms with van der Waals surface area (Å²) in [6.07, 6.45) is 0. The average molecular weight is 839 g/mol. The molecule has 0 unspecified atom stereocenters. The van der Waals surface area contributed by atoms with Gasteiger partial charge in [-0.25, -0.2) is 0 Å². The molecule has 1 heterocycles. The molecular formula is C64H42N2. The Hall–Kier alpha value is -8.72. The molecule has 66 heavy (non-hydrogen) atoms. The van der Waals surface area contributed by atoms with Crippen LogP contribution in [0.3, 0.4) is 0 Å². The van der Waals surface area contributed by atoms with Gasteiger partial charge in [-0.1, -0.05) is 200 Å². The van der Waals surface area contributed by atoms with Crippen molar-refractivity contribution in [2.45, 2.75) is 0 Å². The summed E-state index contributed by atoms with van der Waals surface area (Å²) < 4.78 is 2.44. The smallest absolute Gasteiger partial charge is 0.0619 e. The van der Waals surface area contributed by atoms with Crippen LogP contribution in [-0.4, -0.2) is 4.57 Å². The average Bonchev–Trinajstić information content (AvgIpc) is 3.73. The second kappa shape index (κ2) is 15.5. The van der Waals surface area contributed by atoms with E-state index in [-0.39, 0.29) is 0 Å². The van der Waals surface area contributed by atoms with Crippen LogP contribution in [0.1, 0.15) is 0 Å². The van der Waals surface area contributed by atoms with E-state index in [0.717, 1.165) is 22.7 Å². The predicted octanol–water partition coefficient (Wildman–Crippen LogP) is 17.9. The van der Waals surface area contributed by atoms with Crippen molar-refractivity contribution in [1.29, 1.82) is 0 Å². The number of aromatic nitrogens is 1. The standard InChI is InChI=1S/C64H42N2/c1-3-16-48(17-4-1)63-57-21-11-8-14-45(57)29-37-58(63)47-27-34-53(35-28-47)65(54-36-40-56-50(41-54)24-23-44-13-7-10-20-55(44)56)52-32-25-43(26-33-52)49-31-38-60-61-39-30-46-15-9-12-22-59(46)64(61)66(62(60)42-49)51-18-5-2-6-19-51/h1-42H. The molecule has 13 rings (SSSR count). The second-order valence-electron chi connectivity index (χ2n) is 17.3. The molecule has 0 aliphatic heterocycles. The lowest BCUT2D eigenvalue weighted by Gasteiger charge is -2.26. The number of para-hydroxylation sites is 1. The molecule has 0 amide bonds. The van der Waals surface area contributed by atoms with Crippen molar-refractivity contribution in [2.75, 3.05) is 4.90 Å². The predicted molar refractivity (Wildman–Crippen MR) is 282 cm³/mol. The number of rotatable bonds is 7. The zero-order valence-corrected chi connectivity index (χ0v) is 36.1. The first-order chi connectivity index (χ1) is 32.7. The van der Waals surface area contributed by atoms with Crippen LogP contribution >= 0.6 is 0 Å². The van der Waals surface area contributed by atoms with E-state index in [1.54, 1.807) is 0 Å². The Morgan fingerprint density at radius 2 is 0.773 bits per heavy atom. The lowest BCUT2D eigenvalue weighted by atomic mass is 9.90. The largest absolute Gasteiger partial charge is 0.310 e. The normalized spacial score (nSPS) is 11.6. The van der Waals surface area contributed by atoms with E-state index in [4.69, 9.17) is 0 Å². The highest BCUT2D eigenvalue weighted by Gasteiger charge is 2.19. The van der Waals surface area contributed by atoms with E-state index in [1.165, 1.54) is 98.3 Å². The fourth-order valence-electron chi connectivity index (χ4n) is 10.4. The lowest BCUT2D eigenvalue weighted by molar-refractivity contribution is 1.19. The molecule has 0 aliphatic rings. The molecule has 0 saturated carbocycles. The maximum Gasteiger partial charge on any atom is 0.0619 e. The SMILES string of the molecule is c1ccc(-c2c(-c3ccc(N(c4ccc(-c5ccc6c7ccc8ccccc8c7n(-c7ccccc7)c6c5)cc4)c4ccc5c(ccc6ccccc65)c4)cc3)ccc3ccccc23)cc1. The van der Waals surface area contributed by atoms with E-state index in [9.17, 15) is 0 Å². The number of nitrogens with zero attached hydrogens (tertiary/aromatic N) is 2. The Balaban J connectivity index is 0.938. The zero-order chi connectivity index (χ0) is 43.6. The molecule has 0 radical (unpaired) electrons. The fraction of sp³-hybridized carbons (Fsp3) is 0. The highest BCUT2D eigenvalue weighted by atomic mass is 15.1. The molecule has 0 fully saturated rings. The van der Waals surface area contributed by atoms with Crippen LogP contribution in [0.25, 0.3) is 104 Å². The molecule has 12 aromatic carbocycles. The molecule has 0 atom stereocenters. The third-order valence-corrected chi connectivity index (χ3v) is 13.5. The van der Waals surface area contributed by atoms with Gasteiger partial charge in [-0.05, 0) is 126 Å². The van der Waals surface area contributed by atoms with Gasteiger partial charge in [0.2, 0.25) is 0 Å². The van der Waals surface area contributed by atoms with Gasteiger partial charge >= 0.3 is 0 Å². The van der Waals surface area contributed by atoms with Gasteiger partial charge in [0.25, 0.3) is 0 Å². The van der Waals surface area contributed by atoms with E-state index < -0.39 is 0 Å². The molecule has 0 saturated heterocycles. The summed E-state index contributed by atoms with van der Waals surface area (Å²) >= 11 is 0. The minimum atomic E-state index is 1.09. The number of benzene rings is 12. The van der Waals surface area contributed by atoms with Crippen LogP contribution in [0.15, 0.2) is 255 Å². The Bertz CT molecular complexity index is 3960. The van der Waals surface area contributed by atoms with Crippen molar-refractivity contribution < 1.29 is 0 Å². The maximum atomic E-state index is 2.44. The summed E-state index contributed by atoms with van der Waals surface area (Å²) in [4.78, 5) is 2.39. The molecule has 0 spiro atoms. The highest BCUT2D eigenvalue weighted by Crippen LogP contribution is 2.43. The Kier molecular flexibility index (Phi) is 8.89. The molecule has 13 aromatic rings. The second-order valence-corrected chi connectivity index (χ2v) is 17.3. The zero-order valence-electron chi connectivity index (χ0n) is 36.1. The van der Waals surface area contributed by atoms with Gasteiger partial charge < -0.3 is 9.47 Å². The molecule has 2 heteroatoms. The molecule has 0 N–H and O–H groups in total. The summed E-state index contributed by atoms with van der Waals surface area (Å²) in [5.74, 6) is 0. The summed E-state index contributed by atoms with van der Waals surface area (Å²) in [6, 6.07) is 93.3. The van der Waals surface area contributed by atoms with Gasteiger partial charge in [0.15, 0.2) is 0 Å².